The Balaban J connectivity index is 1.66. The Morgan fingerprint density at radius 1 is 0.955 bits per heavy atom. The van der Waals surface area contributed by atoms with E-state index in [9.17, 15) is 14.4 Å². The molecular weight excluding hydrogens is 653 g/mol. The monoisotopic (exact) mass is 673 g/mol. The van der Waals surface area contributed by atoms with E-state index in [1.54, 1.807) is 73.8 Å². The van der Waals surface area contributed by atoms with E-state index in [1.165, 1.54) is 21.0 Å². The van der Waals surface area contributed by atoms with Gasteiger partial charge >= 0.3 is 18.0 Å². The van der Waals surface area contributed by atoms with E-state index in [0.717, 1.165) is 0 Å². The molecule has 226 valence electrons. The predicted molar refractivity (Wildman–Crippen MR) is 165 cm³/mol. The lowest BCUT2D eigenvalue weighted by Crippen LogP contribution is -2.56. The number of nitrogens with zero attached hydrogens (tertiary/aromatic N) is 5. The van der Waals surface area contributed by atoms with Crippen LogP contribution in [0.25, 0.3) is 0 Å². The molecule has 3 aromatic carbocycles. The summed E-state index contributed by atoms with van der Waals surface area (Å²) >= 11 is 23.0. The highest BCUT2D eigenvalue weighted by molar-refractivity contribution is 7.79. The number of carbonyl (C=O) groups excluding carboxylic acids is 3. The molecule has 0 saturated carbocycles. The number of fused-ring (bicyclic) bond motifs is 1. The van der Waals surface area contributed by atoms with Crippen LogP contribution in [-0.4, -0.2) is 65.5 Å². The lowest BCUT2D eigenvalue weighted by molar-refractivity contribution is 0.0677. The van der Waals surface area contributed by atoms with Crippen molar-refractivity contribution in [2.24, 2.45) is 7.05 Å². The smallest absolute Gasteiger partial charge is 0.411 e. The summed E-state index contributed by atoms with van der Waals surface area (Å²) in [4.78, 5) is 41.1. The molecule has 0 bridgehead atoms. The fraction of sp³-hybridized carbons (Fsp3) is 0.207. The second-order valence-electron chi connectivity index (χ2n) is 9.55. The summed E-state index contributed by atoms with van der Waals surface area (Å²) < 4.78 is 16.3. The van der Waals surface area contributed by atoms with Crippen molar-refractivity contribution in [2.75, 3.05) is 13.2 Å². The maximum absolute atomic E-state index is 13.5. The molecular formula is C29H22Cl3N5O6S. The van der Waals surface area contributed by atoms with Crippen LogP contribution >= 0.6 is 47.0 Å². The summed E-state index contributed by atoms with van der Waals surface area (Å²) in [5.41, 5.74) is -0.109. The van der Waals surface area contributed by atoms with E-state index in [0.29, 0.717) is 11.1 Å². The van der Waals surface area contributed by atoms with Crippen molar-refractivity contribution in [2.45, 2.75) is 15.8 Å². The van der Waals surface area contributed by atoms with Crippen molar-refractivity contribution in [1.82, 2.24) is 25.1 Å². The van der Waals surface area contributed by atoms with E-state index in [4.69, 9.17) is 61.2 Å². The standard InChI is InChI=1S/C29H22Cl3N5O6S/c1-36-26(33-34-35-36)28(17-44)21-15-23(43-25(39)19-10-6-3-7-11-19)22(42-24(38)18-8-4-2-5-9-18)14-20(21)12-13-37(28)27(40)41-16-29(30,31)32/h2-11,14-15,17H,12-13,16H2,1H3. The summed E-state index contributed by atoms with van der Waals surface area (Å²) in [6, 6.07) is 19.6. The van der Waals surface area contributed by atoms with Crippen molar-refractivity contribution < 1.29 is 28.6 Å². The van der Waals surface area contributed by atoms with Gasteiger partial charge < -0.3 is 14.2 Å². The maximum atomic E-state index is 13.5. The number of rotatable bonds is 7. The van der Waals surface area contributed by atoms with Crippen molar-refractivity contribution in [1.29, 1.82) is 0 Å². The van der Waals surface area contributed by atoms with Crippen molar-refractivity contribution in [3.8, 4) is 11.5 Å². The van der Waals surface area contributed by atoms with Gasteiger partial charge in [-0.2, -0.15) is 0 Å². The van der Waals surface area contributed by atoms with Gasteiger partial charge in [0.05, 0.1) is 11.1 Å². The number of esters is 2. The molecule has 44 heavy (non-hydrogen) atoms. The molecule has 0 aliphatic carbocycles. The first-order valence-corrected chi connectivity index (χ1v) is 14.6. The summed E-state index contributed by atoms with van der Waals surface area (Å²) in [5.74, 6) is -1.38. The van der Waals surface area contributed by atoms with Gasteiger partial charge in [0.15, 0.2) is 22.9 Å². The summed E-state index contributed by atoms with van der Waals surface area (Å²) in [7, 11) is 1.57. The van der Waals surface area contributed by atoms with Crippen LogP contribution in [0.5, 0.6) is 11.5 Å². The number of halogens is 3. The van der Waals surface area contributed by atoms with Crippen LogP contribution in [0.3, 0.4) is 0 Å². The molecule has 5 rings (SSSR count). The molecule has 1 aliphatic rings. The molecule has 1 amide bonds. The van der Waals surface area contributed by atoms with E-state index >= 15 is 0 Å². The molecule has 4 aromatic rings. The van der Waals surface area contributed by atoms with Crippen molar-refractivity contribution in [3.05, 3.63) is 101 Å². The number of hydrogen-bond acceptors (Lipinski definition) is 10. The van der Waals surface area contributed by atoms with Gasteiger partial charge in [0.25, 0.3) is 0 Å². The van der Waals surface area contributed by atoms with Gasteiger partial charge in [-0.3, -0.25) is 4.90 Å². The normalized spacial score (nSPS) is 16.0. The van der Waals surface area contributed by atoms with Crippen LogP contribution in [0.2, 0.25) is 0 Å². The Bertz CT molecular complexity index is 1720. The number of tetrazole rings is 1. The van der Waals surface area contributed by atoms with Gasteiger partial charge in [0, 0.05) is 19.0 Å². The third kappa shape index (κ3) is 6.39. The van der Waals surface area contributed by atoms with Gasteiger partial charge in [0.2, 0.25) is 3.79 Å². The molecule has 0 fully saturated rings. The highest BCUT2D eigenvalue weighted by Crippen LogP contribution is 2.44. The molecule has 1 aliphatic heterocycles. The van der Waals surface area contributed by atoms with Gasteiger partial charge in [0.1, 0.15) is 6.61 Å². The average molecular weight is 675 g/mol. The predicted octanol–water partition coefficient (Wildman–Crippen LogP) is 5.26. The Hall–Kier alpha value is -4.10. The fourth-order valence-corrected chi connectivity index (χ4v) is 5.30. The zero-order valence-electron chi connectivity index (χ0n) is 22.9. The van der Waals surface area contributed by atoms with Crippen LogP contribution < -0.4 is 9.47 Å². The van der Waals surface area contributed by atoms with Crippen LogP contribution in [0.4, 0.5) is 4.79 Å². The minimum absolute atomic E-state index is 0.0246. The number of benzene rings is 3. The maximum Gasteiger partial charge on any atom is 0.411 e. The quantitative estimate of drug-likeness (QED) is 0.111. The van der Waals surface area contributed by atoms with Crippen LogP contribution in [0.1, 0.15) is 37.7 Å². The Morgan fingerprint density at radius 3 is 2.02 bits per heavy atom. The highest BCUT2D eigenvalue weighted by atomic mass is 35.6. The number of aromatic nitrogens is 4. The third-order valence-electron chi connectivity index (χ3n) is 6.75. The molecule has 11 nitrogen and oxygen atoms in total. The molecule has 15 heteroatoms. The highest BCUT2D eigenvalue weighted by Gasteiger charge is 2.50. The van der Waals surface area contributed by atoms with Gasteiger partial charge in [-0.1, -0.05) is 83.4 Å². The third-order valence-corrected chi connectivity index (χ3v) is 7.41. The second-order valence-corrected chi connectivity index (χ2v) is 12.3. The Labute approximate surface area is 271 Å². The summed E-state index contributed by atoms with van der Waals surface area (Å²) in [6.07, 6.45) is -0.620. The second kappa shape index (κ2) is 12.9. The molecule has 0 saturated heterocycles. The number of thiocarbonyl (C=S) groups is 1. The largest absolute Gasteiger partial charge is 0.445 e. The first-order chi connectivity index (χ1) is 21.0. The molecule has 0 spiro atoms. The Morgan fingerprint density at radius 2 is 1.52 bits per heavy atom. The lowest BCUT2D eigenvalue weighted by atomic mass is 9.80. The summed E-state index contributed by atoms with van der Waals surface area (Å²) in [5, 5.41) is 13.1. The molecule has 0 radical (unpaired) electrons. The number of alkyl halides is 3. The minimum atomic E-state index is -1.87. The molecule has 2 heterocycles. The first-order valence-electron chi connectivity index (χ1n) is 13.0. The first kappa shape index (κ1) is 31.3. The van der Waals surface area contributed by atoms with Crippen molar-refractivity contribution in [3.63, 3.8) is 0 Å². The zero-order valence-corrected chi connectivity index (χ0v) is 25.9. The van der Waals surface area contributed by atoms with Crippen LogP contribution in [0, 0.1) is 0 Å². The van der Waals surface area contributed by atoms with Crippen LogP contribution in [-0.2, 0) is 23.7 Å². The topological polar surface area (TPSA) is 126 Å². The number of aryl methyl sites for hydroxylation is 1. The molecule has 1 unspecified atom stereocenters. The van der Waals surface area contributed by atoms with E-state index < -0.39 is 34.0 Å². The zero-order chi connectivity index (χ0) is 31.5. The van der Waals surface area contributed by atoms with E-state index in [-0.39, 0.29) is 41.4 Å². The van der Waals surface area contributed by atoms with E-state index in [2.05, 4.69) is 15.5 Å². The van der Waals surface area contributed by atoms with E-state index in [1.807, 2.05) is 0 Å². The molecule has 0 N–H and O–H groups in total. The number of amides is 1. The lowest BCUT2D eigenvalue weighted by Gasteiger charge is -2.44. The number of carbonyl (C=O) groups is 3. The number of hydrogen-bond donors (Lipinski definition) is 0. The van der Waals surface area contributed by atoms with Crippen molar-refractivity contribution >= 4 is 70.4 Å². The van der Waals surface area contributed by atoms with Gasteiger partial charge in [-0.15, -0.1) is 5.10 Å². The number of ether oxygens (including phenoxy) is 3. The Kier molecular flexibility index (Phi) is 9.16. The van der Waals surface area contributed by atoms with Gasteiger partial charge in [-0.25, -0.2) is 19.1 Å². The van der Waals surface area contributed by atoms with Crippen LogP contribution in [0.15, 0.2) is 72.8 Å². The molecule has 1 atom stereocenters. The van der Waals surface area contributed by atoms with Gasteiger partial charge in [-0.05, 0) is 64.4 Å². The average Bonchev–Trinajstić information content (AvgIpc) is 3.46. The SMILES string of the molecule is Cn1nnnc1C1(C=S)c2cc(OC(=O)c3ccccc3)c(OC(=O)c3ccccc3)cc2CCN1C(=O)OCC(Cl)(Cl)Cl. The minimum Gasteiger partial charge on any atom is -0.445 e. The fourth-order valence-electron chi connectivity index (χ4n) is 4.77. The summed E-state index contributed by atoms with van der Waals surface area (Å²) in [6.45, 7) is -0.486. The molecule has 1 aromatic heterocycles.